The third-order valence-electron chi connectivity index (χ3n) is 10.1. The molecule has 3 unspecified atom stereocenters. The van der Waals surface area contributed by atoms with Crippen LogP contribution in [0.25, 0.3) is 32.9 Å². The SMILES string of the molecule is CCC(NC(C)N1C(=O)c2cccc3c(-n4ccnc4)ccc(c23)C1=O)N(C)C(C)N1C(=O)c2cccc3c(-n4ccnc4)ccc(c23)C1=O. The Morgan fingerprint density at radius 3 is 1.56 bits per heavy atom. The predicted octanol–water partition coefficient (Wildman–Crippen LogP) is 5.21. The Morgan fingerprint density at radius 1 is 0.660 bits per heavy atom. The first-order valence-corrected chi connectivity index (χ1v) is 16.5. The summed E-state index contributed by atoms with van der Waals surface area (Å²) in [5.74, 6) is -1.58. The van der Waals surface area contributed by atoms with Crippen LogP contribution < -0.4 is 5.32 Å². The Kier molecular flexibility index (Phi) is 7.43. The van der Waals surface area contributed by atoms with Crippen LogP contribution in [0.2, 0.25) is 0 Å². The highest BCUT2D eigenvalue weighted by Gasteiger charge is 2.41. The van der Waals surface area contributed by atoms with Crippen LogP contribution in [0.3, 0.4) is 0 Å². The van der Waals surface area contributed by atoms with E-state index in [2.05, 4.69) is 15.3 Å². The molecule has 4 amide bonds. The van der Waals surface area contributed by atoms with Crippen molar-refractivity contribution in [2.45, 2.75) is 45.7 Å². The first-order chi connectivity index (χ1) is 24.2. The molecule has 2 aliphatic heterocycles. The monoisotopic (exact) mass is 666 g/mol. The topological polar surface area (TPSA) is 126 Å². The summed E-state index contributed by atoms with van der Waals surface area (Å²) in [6.45, 7) is 5.55. The Morgan fingerprint density at radius 2 is 1.12 bits per heavy atom. The fourth-order valence-corrected chi connectivity index (χ4v) is 7.46. The lowest BCUT2D eigenvalue weighted by Crippen LogP contribution is -2.61. The molecule has 0 bridgehead atoms. The van der Waals surface area contributed by atoms with E-state index in [1.165, 1.54) is 9.80 Å². The fraction of sp³-hybridized carbons (Fsp3) is 0.211. The van der Waals surface area contributed by atoms with Crippen molar-refractivity contribution >= 4 is 45.2 Å². The average Bonchev–Trinajstić information content (AvgIpc) is 3.87. The third kappa shape index (κ3) is 4.60. The van der Waals surface area contributed by atoms with Gasteiger partial charge in [-0.25, -0.2) is 9.97 Å². The Bertz CT molecular complexity index is 2310. The van der Waals surface area contributed by atoms with Gasteiger partial charge in [0.2, 0.25) is 0 Å². The van der Waals surface area contributed by atoms with Gasteiger partial charge in [-0.1, -0.05) is 31.2 Å². The van der Waals surface area contributed by atoms with Crippen molar-refractivity contribution < 1.29 is 19.2 Å². The number of imide groups is 2. The van der Waals surface area contributed by atoms with Crippen molar-refractivity contribution in [2.24, 2.45) is 0 Å². The Balaban J connectivity index is 1.06. The molecule has 0 aliphatic carbocycles. The number of hydrogen-bond acceptors (Lipinski definition) is 8. The van der Waals surface area contributed by atoms with Gasteiger partial charge in [0, 0.05) is 68.6 Å². The van der Waals surface area contributed by atoms with E-state index in [0.717, 1.165) is 22.1 Å². The molecule has 8 rings (SSSR count). The molecule has 0 radical (unpaired) electrons. The van der Waals surface area contributed by atoms with Crippen LogP contribution in [0.4, 0.5) is 0 Å². The lowest BCUT2D eigenvalue weighted by molar-refractivity contribution is 0.0153. The minimum Gasteiger partial charge on any atom is -0.306 e. The summed E-state index contributed by atoms with van der Waals surface area (Å²) in [6.07, 6.45) is 9.12. The lowest BCUT2D eigenvalue weighted by atomic mass is 9.92. The lowest BCUT2D eigenvalue weighted by Gasteiger charge is -2.42. The van der Waals surface area contributed by atoms with E-state index in [0.29, 0.717) is 39.4 Å². The molecule has 4 heterocycles. The van der Waals surface area contributed by atoms with Crippen LogP contribution in [0.15, 0.2) is 98.1 Å². The molecule has 12 heteroatoms. The van der Waals surface area contributed by atoms with E-state index in [-0.39, 0.29) is 11.8 Å². The number of hydrogen-bond donors (Lipinski definition) is 1. The van der Waals surface area contributed by atoms with Crippen molar-refractivity contribution in [3.05, 3.63) is 120 Å². The summed E-state index contributed by atoms with van der Waals surface area (Å²) in [5, 5.41) is 6.25. The second kappa shape index (κ2) is 11.9. The quantitative estimate of drug-likeness (QED) is 0.165. The average molecular weight is 667 g/mol. The number of nitrogens with one attached hydrogen (secondary N) is 1. The van der Waals surface area contributed by atoms with Gasteiger partial charge in [-0.3, -0.25) is 39.2 Å². The number of aromatic nitrogens is 4. The summed E-state index contributed by atoms with van der Waals surface area (Å²) in [5.41, 5.74) is 3.42. The van der Waals surface area contributed by atoms with E-state index in [9.17, 15) is 19.2 Å². The zero-order chi connectivity index (χ0) is 34.8. The largest absolute Gasteiger partial charge is 0.306 e. The number of nitrogens with zero attached hydrogens (tertiary/aromatic N) is 7. The molecule has 250 valence electrons. The van der Waals surface area contributed by atoms with Crippen LogP contribution in [0.1, 0.15) is 68.6 Å². The van der Waals surface area contributed by atoms with Gasteiger partial charge in [0.25, 0.3) is 23.6 Å². The maximum absolute atomic E-state index is 14.1. The summed E-state index contributed by atoms with van der Waals surface area (Å²) >= 11 is 0. The normalized spacial score (nSPS) is 16.2. The molecule has 0 saturated heterocycles. The zero-order valence-electron chi connectivity index (χ0n) is 27.9. The minimum absolute atomic E-state index is 0.390. The van der Waals surface area contributed by atoms with Gasteiger partial charge < -0.3 is 9.13 Å². The van der Waals surface area contributed by atoms with E-state index < -0.39 is 30.3 Å². The van der Waals surface area contributed by atoms with Gasteiger partial charge in [-0.15, -0.1) is 0 Å². The number of carbonyl (C=O) groups is 4. The molecule has 0 spiro atoms. The second-order valence-corrected chi connectivity index (χ2v) is 12.7. The van der Waals surface area contributed by atoms with Crippen LogP contribution >= 0.6 is 0 Å². The van der Waals surface area contributed by atoms with Gasteiger partial charge in [0.05, 0.1) is 42.5 Å². The second-order valence-electron chi connectivity index (χ2n) is 12.7. The van der Waals surface area contributed by atoms with Crippen molar-refractivity contribution in [1.29, 1.82) is 0 Å². The highest BCUT2D eigenvalue weighted by atomic mass is 16.2. The summed E-state index contributed by atoms with van der Waals surface area (Å²) in [7, 11) is 1.82. The van der Waals surface area contributed by atoms with E-state index in [4.69, 9.17) is 0 Å². The highest BCUT2D eigenvalue weighted by Crippen LogP contribution is 2.36. The number of imidazole rings is 2. The first kappa shape index (κ1) is 31.3. The molecule has 2 aromatic heterocycles. The molecular formula is C38H34N8O4. The molecule has 1 N–H and O–H groups in total. The van der Waals surface area contributed by atoms with Crippen LogP contribution in [-0.4, -0.2) is 83.0 Å². The number of rotatable bonds is 9. The van der Waals surface area contributed by atoms with E-state index in [1.54, 1.807) is 56.2 Å². The molecule has 0 fully saturated rings. The van der Waals surface area contributed by atoms with Crippen LogP contribution in [0.5, 0.6) is 0 Å². The molecule has 2 aliphatic rings. The molecular weight excluding hydrogens is 632 g/mol. The summed E-state index contributed by atoms with van der Waals surface area (Å²) < 4.78 is 3.71. The molecule has 12 nitrogen and oxygen atoms in total. The molecule has 0 saturated carbocycles. The molecule has 3 atom stereocenters. The minimum atomic E-state index is -0.713. The smallest absolute Gasteiger partial charge is 0.262 e. The number of benzene rings is 4. The third-order valence-corrected chi connectivity index (χ3v) is 10.1. The Labute approximate surface area is 287 Å². The van der Waals surface area contributed by atoms with Gasteiger partial charge in [0.1, 0.15) is 0 Å². The standard InChI is InChI=1S/C38H34N8O4/c1-5-32(41-22(2)45-35(47)26-10-6-8-24-30(43-18-16-39-20-43)14-12-28(33(24)26)36(45)48)42(4)23(3)46-37(49)27-11-7-9-25-31(44-19-17-40-21-44)15-13-29(34(25)27)38(46)50/h6-23,32,41H,5H2,1-4H3. The van der Waals surface area contributed by atoms with Crippen molar-refractivity contribution in [3.63, 3.8) is 0 Å². The summed E-state index contributed by atoms with van der Waals surface area (Å²) in [4.78, 5) is 68.8. The first-order valence-electron chi connectivity index (χ1n) is 16.5. The Hall–Kier alpha value is -5.98. The zero-order valence-corrected chi connectivity index (χ0v) is 27.9. The van der Waals surface area contributed by atoms with Gasteiger partial charge in [-0.2, -0.15) is 0 Å². The van der Waals surface area contributed by atoms with Crippen molar-refractivity contribution in [1.82, 2.24) is 39.1 Å². The van der Waals surface area contributed by atoms with Crippen molar-refractivity contribution in [2.75, 3.05) is 7.05 Å². The van der Waals surface area contributed by atoms with E-state index in [1.807, 2.05) is 83.7 Å². The maximum Gasteiger partial charge on any atom is 0.262 e. The van der Waals surface area contributed by atoms with Crippen LogP contribution in [0, 0.1) is 0 Å². The van der Waals surface area contributed by atoms with Gasteiger partial charge in [0.15, 0.2) is 0 Å². The molecule has 6 aromatic rings. The fourth-order valence-electron chi connectivity index (χ4n) is 7.46. The van der Waals surface area contributed by atoms with Gasteiger partial charge in [-0.05, 0) is 63.7 Å². The molecule has 4 aromatic carbocycles. The predicted molar refractivity (Wildman–Crippen MR) is 187 cm³/mol. The van der Waals surface area contributed by atoms with Crippen LogP contribution in [-0.2, 0) is 0 Å². The van der Waals surface area contributed by atoms with Gasteiger partial charge >= 0.3 is 0 Å². The van der Waals surface area contributed by atoms with E-state index >= 15 is 0 Å². The maximum atomic E-state index is 14.1. The van der Waals surface area contributed by atoms with Crippen molar-refractivity contribution in [3.8, 4) is 11.4 Å². The molecule has 50 heavy (non-hydrogen) atoms. The summed E-state index contributed by atoms with van der Waals surface area (Å²) in [6, 6.07) is 18.2. The highest BCUT2D eigenvalue weighted by molar-refractivity contribution is 6.27. The number of amides is 4. The number of carbonyl (C=O) groups excluding carboxylic acids is 4.